The van der Waals surface area contributed by atoms with Crippen molar-refractivity contribution in [1.29, 1.82) is 5.26 Å². The van der Waals surface area contributed by atoms with Crippen LogP contribution in [-0.4, -0.2) is 61.0 Å². The number of pyridine rings is 1. The molecule has 0 N–H and O–H groups in total. The van der Waals surface area contributed by atoms with Crippen molar-refractivity contribution < 1.29 is 14.3 Å². The van der Waals surface area contributed by atoms with Crippen LogP contribution in [0.1, 0.15) is 62.3 Å². The van der Waals surface area contributed by atoms with E-state index in [9.17, 15) is 14.9 Å². The van der Waals surface area contributed by atoms with E-state index in [1.807, 2.05) is 43.0 Å². The molecule has 35 heavy (non-hydrogen) atoms. The molecule has 1 amide bonds. The molecule has 1 aromatic carbocycles. The van der Waals surface area contributed by atoms with Gasteiger partial charge in [-0.05, 0) is 37.0 Å². The second-order valence-electron chi connectivity index (χ2n) is 9.57. The molecule has 2 aliphatic rings. The molecule has 4 rings (SSSR count). The number of benzene rings is 1. The highest BCUT2D eigenvalue weighted by Gasteiger charge is 2.33. The number of ketones is 1. The molecule has 0 bridgehead atoms. The fourth-order valence-electron chi connectivity index (χ4n) is 4.79. The number of aromatic nitrogens is 1. The van der Waals surface area contributed by atoms with Gasteiger partial charge in [-0.1, -0.05) is 31.2 Å². The van der Waals surface area contributed by atoms with Crippen LogP contribution in [-0.2, 0) is 20.7 Å². The van der Waals surface area contributed by atoms with Gasteiger partial charge < -0.3 is 14.5 Å². The minimum atomic E-state index is 0.0262. The third kappa shape index (κ3) is 5.71. The molecule has 1 aliphatic carbocycles. The van der Waals surface area contributed by atoms with Gasteiger partial charge >= 0.3 is 0 Å². The smallest absolute Gasteiger partial charge is 0.225 e. The highest BCUT2D eigenvalue weighted by molar-refractivity contribution is 5.81. The molecule has 0 unspecified atom stereocenters. The van der Waals surface area contributed by atoms with Gasteiger partial charge in [0.2, 0.25) is 5.91 Å². The van der Waals surface area contributed by atoms with E-state index < -0.39 is 0 Å². The molecule has 0 spiro atoms. The summed E-state index contributed by atoms with van der Waals surface area (Å²) in [7, 11) is 1.60. The Labute approximate surface area is 207 Å². The molecular weight excluding hydrogens is 440 g/mol. The van der Waals surface area contributed by atoms with E-state index in [0.717, 1.165) is 35.2 Å². The van der Waals surface area contributed by atoms with Crippen LogP contribution >= 0.6 is 0 Å². The van der Waals surface area contributed by atoms with Gasteiger partial charge in [-0.3, -0.25) is 9.59 Å². The summed E-state index contributed by atoms with van der Waals surface area (Å²) >= 11 is 0. The number of piperazine rings is 1. The van der Waals surface area contributed by atoms with Gasteiger partial charge in [0.1, 0.15) is 17.7 Å². The van der Waals surface area contributed by atoms with Gasteiger partial charge in [0.25, 0.3) is 0 Å². The summed E-state index contributed by atoms with van der Waals surface area (Å²) in [6.45, 7) is 6.23. The van der Waals surface area contributed by atoms with Crippen molar-refractivity contribution in [2.24, 2.45) is 0 Å². The number of amides is 1. The van der Waals surface area contributed by atoms with E-state index in [1.165, 1.54) is 0 Å². The van der Waals surface area contributed by atoms with Crippen LogP contribution in [0, 0.1) is 11.3 Å². The predicted octanol–water partition coefficient (Wildman–Crippen LogP) is 4.09. The second-order valence-corrected chi connectivity index (χ2v) is 9.57. The van der Waals surface area contributed by atoms with Crippen LogP contribution in [0.2, 0.25) is 0 Å². The van der Waals surface area contributed by atoms with E-state index >= 15 is 0 Å². The van der Waals surface area contributed by atoms with Crippen LogP contribution in [0.3, 0.4) is 0 Å². The highest BCUT2D eigenvalue weighted by Crippen LogP contribution is 2.45. The van der Waals surface area contributed by atoms with Crippen LogP contribution < -0.4 is 4.90 Å². The molecule has 1 aromatic heterocycles. The third-order valence-electron chi connectivity index (χ3n) is 6.92. The number of hydrogen-bond acceptors (Lipinski definition) is 6. The van der Waals surface area contributed by atoms with E-state index in [2.05, 4.69) is 17.0 Å². The first-order chi connectivity index (χ1) is 16.9. The molecule has 2 aromatic rings. The monoisotopic (exact) mass is 474 g/mol. The first-order valence-electron chi connectivity index (χ1n) is 12.5. The van der Waals surface area contributed by atoms with E-state index in [0.29, 0.717) is 62.8 Å². The van der Waals surface area contributed by atoms with Crippen LogP contribution in [0.4, 0.5) is 5.82 Å². The molecule has 7 nitrogen and oxygen atoms in total. The Hall–Kier alpha value is -3.24. The second kappa shape index (κ2) is 11.0. The van der Waals surface area contributed by atoms with Crippen molar-refractivity contribution in [2.45, 2.75) is 57.9 Å². The van der Waals surface area contributed by atoms with Crippen LogP contribution in [0.25, 0.3) is 11.1 Å². The lowest BCUT2D eigenvalue weighted by Crippen LogP contribution is -2.54. The summed E-state index contributed by atoms with van der Waals surface area (Å²) in [5, 5.41) is 10.0. The Morgan fingerprint density at radius 2 is 2.03 bits per heavy atom. The molecule has 1 saturated carbocycles. The van der Waals surface area contributed by atoms with Crippen LogP contribution in [0.15, 0.2) is 30.3 Å². The average molecular weight is 475 g/mol. The highest BCUT2D eigenvalue weighted by atomic mass is 16.5. The third-order valence-corrected chi connectivity index (χ3v) is 6.92. The summed E-state index contributed by atoms with van der Waals surface area (Å²) in [4.78, 5) is 33.7. The van der Waals surface area contributed by atoms with Gasteiger partial charge in [0.15, 0.2) is 0 Å². The Balaban J connectivity index is 1.63. The zero-order valence-electron chi connectivity index (χ0n) is 20.9. The first-order valence-corrected chi connectivity index (χ1v) is 12.5. The lowest BCUT2D eigenvalue weighted by molar-refractivity contribution is -0.134. The number of nitrogens with zero attached hydrogens (tertiary/aromatic N) is 4. The number of anilines is 1. The quantitative estimate of drug-likeness (QED) is 0.544. The number of hydrogen-bond donors (Lipinski definition) is 0. The number of Topliss-reactive ketones (excluding diaryl/α,β-unsaturated/α-hetero) is 1. The molecule has 1 aliphatic heterocycles. The largest absolute Gasteiger partial charge is 0.384 e. The lowest BCUT2D eigenvalue weighted by atomic mass is 9.96. The Morgan fingerprint density at radius 1 is 1.23 bits per heavy atom. The maximum atomic E-state index is 12.5. The van der Waals surface area contributed by atoms with Crippen molar-refractivity contribution >= 4 is 17.5 Å². The number of methoxy groups -OCH3 is 1. The molecule has 0 radical (unpaired) electrons. The molecule has 184 valence electrons. The fourth-order valence-corrected chi connectivity index (χ4v) is 4.79. The minimum absolute atomic E-state index is 0.0262. The summed E-state index contributed by atoms with van der Waals surface area (Å²) in [5.41, 5.74) is 4.56. The molecule has 2 heterocycles. The summed E-state index contributed by atoms with van der Waals surface area (Å²) in [6, 6.07) is 12.4. The van der Waals surface area contributed by atoms with Gasteiger partial charge in [-0.2, -0.15) is 5.26 Å². The standard InChI is InChI=1S/C28H34N4O3/c1-4-24(33)15-20-6-5-7-22(14-20)25-16-23(17-29)28(30-27(25)21-8-9-21)31-11-12-32(19(2)18-31)26(34)10-13-35-3/h5-7,14,16,19,21H,4,8-13,15,18H2,1-3H3/t19-/m1/s1. The SMILES string of the molecule is CCC(=O)Cc1cccc(-c2cc(C#N)c(N3CCN(C(=O)CCOC)[C@H](C)C3)nc2C2CC2)c1. The zero-order valence-corrected chi connectivity index (χ0v) is 20.9. The predicted molar refractivity (Wildman–Crippen MR) is 135 cm³/mol. The fraction of sp³-hybridized carbons (Fsp3) is 0.500. The van der Waals surface area contributed by atoms with Crippen molar-refractivity contribution in [2.75, 3.05) is 38.3 Å². The number of ether oxygens (including phenoxy) is 1. The zero-order chi connectivity index (χ0) is 24.9. The summed E-state index contributed by atoms with van der Waals surface area (Å²) in [5.74, 6) is 1.42. The van der Waals surface area contributed by atoms with E-state index in [-0.39, 0.29) is 17.7 Å². The molecule has 1 saturated heterocycles. The van der Waals surface area contributed by atoms with Gasteiger partial charge in [0, 0.05) is 57.1 Å². The minimum Gasteiger partial charge on any atom is -0.384 e. The van der Waals surface area contributed by atoms with Gasteiger partial charge in [-0.15, -0.1) is 0 Å². The molecular formula is C28H34N4O3. The maximum absolute atomic E-state index is 12.5. The Kier molecular flexibility index (Phi) is 7.82. The molecule has 7 heteroatoms. The number of carbonyl (C=O) groups is 2. The van der Waals surface area contributed by atoms with Crippen molar-refractivity contribution in [3.05, 3.63) is 47.2 Å². The molecule has 2 fully saturated rings. The van der Waals surface area contributed by atoms with E-state index in [1.54, 1.807) is 7.11 Å². The maximum Gasteiger partial charge on any atom is 0.225 e. The van der Waals surface area contributed by atoms with Crippen molar-refractivity contribution in [3.8, 4) is 17.2 Å². The van der Waals surface area contributed by atoms with Gasteiger partial charge in [-0.25, -0.2) is 4.98 Å². The molecule has 1 atom stereocenters. The topological polar surface area (TPSA) is 86.5 Å². The van der Waals surface area contributed by atoms with E-state index in [4.69, 9.17) is 9.72 Å². The Morgan fingerprint density at radius 3 is 2.69 bits per heavy atom. The summed E-state index contributed by atoms with van der Waals surface area (Å²) in [6.07, 6.45) is 3.52. The number of nitriles is 1. The van der Waals surface area contributed by atoms with Crippen molar-refractivity contribution in [3.63, 3.8) is 0 Å². The average Bonchev–Trinajstić information content (AvgIpc) is 3.72. The normalized spacial score (nSPS) is 17.8. The Bertz CT molecular complexity index is 1140. The summed E-state index contributed by atoms with van der Waals surface area (Å²) < 4.78 is 5.06. The van der Waals surface area contributed by atoms with Crippen LogP contribution in [0.5, 0.6) is 0 Å². The van der Waals surface area contributed by atoms with Gasteiger partial charge in [0.05, 0.1) is 24.3 Å². The first kappa shape index (κ1) is 24.9. The van der Waals surface area contributed by atoms with Crippen molar-refractivity contribution in [1.82, 2.24) is 9.88 Å². The number of rotatable bonds is 9. The number of carbonyl (C=O) groups excluding carboxylic acids is 2. The lowest BCUT2D eigenvalue weighted by Gasteiger charge is -2.41.